The quantitative estimate of drug-likeness (QED) is 0.898. The molecular formula is C15H25N3O2S. The van der Waals surface area contributed by atoms with Crippen LogP contribution in [-0.2, 0) is 16.4 Å². The highest BCUT2D eigenvalue weighted by molar-refractivity contribution is 7.88. The lowest BCUT2D eigenvalue weighted by molar-refractivity contribution is 0.247. The monoisotopic (exact) mass is 311 g/mol. The minimum atomic E-state index is -3.09. The smallest absolute Gasteiger partial charge is 0.211 e. The second-order valence-corrected chi connectivity index (χ2v) is 7.88. The summed E-state index contributed by atoms with van der Waals surface area (Å²) in [4.78, 5) is 4.15. The van der Waals surface area contributed by atoms with E-state index in [2.05, 4.69) is 11.9 Å². The summed E-state index contributed by atoms with van der Waals surface area (Å²) in [7, 11) is -3.09. The number of nitrogens with two attached hydrogens (primary N) is 1. The average molecular weight is 311 g/mol. The van der Waals surface area contributed by atoms with Crippen LogP contribution in [0.25, 0.3) is 0 Å². The molecule has 1 aliphatic heterocycles. The molecule has 6 heteroatoms. The van der Waals surface area contributed by atoms with Crippen molar-refractivity contribution in [2.24, 2.45) is 11.7 Å². The summed E-state index contributed by atoms with van der Waals surface area (Å²) >= 11 is 0. The first-order valence-corrected chi connectivity index (χ1v) is 9.40. The zero-order valence-electron chi connectivity index (χ0n) is 12.8. The predicted octanol–water partition coefficient (Wildman–Crippen LogP) is 1.71. The number of pyridine rings is 1. The van der Waals surface area contributed by atoms with E-state index in [9.17, 15) is 8.42 Å². The van der Waals surface area contributed by atoms with E-state index in [1.807, 2.05) is 12.3 Å². The fourth-order valence-corrected chi connectivity index (χ4v) is 4.04. The van der Waals surface area contributed by atoms with Gasteiger partial charge in [-0.2, -0.15) is 0 Å². The molecule has 0 aromatic carbocycles. The minimum Gasteiger partial charge on any atom is -0.324 e. The van der Waals surface area contributed by atoms with Crippen LogP contribution in [0.2, 0.25) is 0 Å². The number of rotatable bonds is 5. The van der Waals surface area contributed by atoms with Gasteiger partial charge in [-0.1, -0.05) is 6.92 Å². The molecule has 2 atom stereocenters. The molecule has 0 aliphatic carbocycles. The van der Waals surface area contributed by atoms with Gasteiger partial charge in [-0.25, -0.2) is 12.7 Å². The van der Waals surface area contributed by atoms with Gasteiger partial charge in [0.15, 0.2) is 0 Å². The Morgan fingerprint density at radius 3 is 2.95 bits per heavy atom. The third kappa shape index (κ3) is 4.25. The van der Waals surface area contributed by atoms with Gasteiger partial charge in [0.2, 0.25) is 10.0 Å². The van der Waals surface area contributed by atoms with Gasteiger partial charge in [0, 0.05) is 31.5 Å². The van der Waals surface area contributed by atoms with Crippen molar-refractivity contribution in [3.05, 3.63) is 29.6 Å². The third-order valence-electron chi connectivity index (χ3n) is 4.26. The number of aryl methyl sites for hydroxylation is 1. The van der Waals surface area contributed by atoms with E-state index in [4.69, 9.17) is 5.73 Å². The molecule has 1 fully saturated rings. The molecule has 1 saturated heterocycles. The number of sulfonamides is 1. The van der Waals surface area contributed by atoms with E-state index in [-0.39, 0.29) is 6.04 Å². The van der Waals surface area contributed by atoms with Crippen LogP contribution in [-0.4, -0.2) is 37.1 Å². The fraction of sp³-hybridized carbons (Fsp3) is 0.667. The Labute approximate surface area is 127 Å². The molecular weight excluding hydrogens is 286 g/mol. The van der Waals surface area contributed by atoms with Crippen molar-refractivity contribution in [3.63, 3.8) is 0 Å². The Hall–Kier alpha value is -0.980. The fourth-order valence-electron chi connectivity index (χ4n) is 3.10. The van der Waals surface area contributed by atoms with Gasteiger partial charge < -0.3 is 5.73 Å². The molecule has 1 aromatic heterocycles. The molecule has 0 spiro atoms. The van der Waals surface area contributed by atoms with E-state index in [0.29, 0.717) is 19.0 Å². The minimum absolute atomic E-state index is 0.0486. The van der Waals surface area contributed by atoms with Gasteiger partial charge in [0.05, 0.1) is 6.26 Å². The van der Waals surface area contributed by atoms with E-state index in [1.54, 1.807) is 10.5 Å². The highest BCUT2D eigenvalue weighted by Gasteiger charge is 2.27. The Morgan fingerprint density at radius 2 is 2.29 bits per heavy atom. The van der Waals surface area contributed by atoms with Gasteiger partial charge in [0.25, 0.3) is 0 Å². The average Bonchev–Trinajstić information content (AvgIpc) is 2.46. The van der Waals surface area contributed by atoms with Crippen molar-refractivity contribution < 1.29 is 8.42 Å². The molecule has 2 rings (SSSR count). The second kappa shape index (κ2) is 6.85. The first-order chi connectivity index (χ1) is 9.91. The zero-order valence-corrected chi connectivity index (χ0v) is 13.6. The van der Waals surface area contributed by atoms with Crippen LogP contribution in [0.4, 0.5) is 0 Å². The second-order valence-electron chi connectivity index (χ2n) is 5.90. The molecule has 2 heterocycles. The molecule has 2 unspecified atom stereocenters. The molecule has 0 saturated carbocycles. The topological polar surface area (TPSA) is 76.3 Å². The third-order valence-corrected chi connectivity index (χ3v) is 5.53. The van der Waals surface area contributed by atoms with E-state index in [0.717, 1.165) is 31.2 Å². The van der Waals surface area contributed by atoms with Crippen LogP contribution in [0.15, 0.2) is 18.5 Å². The van der Waals surface area contributed by atoms with Crippen LogP contribution in [0.1, 0.15) is 43.4 Å². The van der Waals surface area contributed by atoms with E-state index >= 15 is 0 Å². The summed E-state index contributed by atoms with van der Waals surface area (Å²) in [6, 6.07) is 1.94. The molecule has 118 valence electrons. The summed E-state index contributed by atoms with van der Waals surface area (Å²) in [5.41, 5.74) is 8.68. The first-order valence-electron chi connectivity index (χ1n) is 7.55. The van der Waals surface area contributed by atoms with Crippen molar-refractivity contribution in [1.29, 1.82) is 0 Å². The standard InChI is InChI=1S/C15H25N3O2S/c1-3-13-10-17-7-6-14(13)15(16)9-12-5-4-8-18(11-12)21(2,19)20/h6-7,10,12,15H,3-5,8-9,11,16H2,1-2H3. The molecule has 0 amide bonds. The van der Waals surface area contributed by atoms with Crippen molar-refractivity contribution in [1.82, 2.24) is 9.29 Å². The number of nitrogens with zero attached hydrogens (tertiary/aromatic N) is 2. The maximum absolute atomic E-state index is 11.7. The Bertz CT molecular complexity index is 574. The summed E-state index contributed by atoms with van der Waals surface area (Å²) < 4.78 is 24.9. The summed E-state index contributed by atoms with van der Waals surface area (Å²) in [5.74, 6) is 0.335. The van der Waals surface area contributed by atoms with Gasteiger partial charge in [0.1, 0.15) is 0 Å². The number of hydrogen-bond donors (Lipinski definition) is 1. The largest absolute Gasteiger partial charge is 0.324 e. The molecule has 1 aliphatic rings. The first kappa shape index (κ1) is 16.4. The Morgan fingerprint density at radius 1 is 1.52 bits per heavy atom. The summed E-state index contributed by atoms with van der Waals surface area (Å²) in [6.45, 7) is 3.33. The van der Waals surface area contributed by atoms with Crippen molar-refractivity contribution in [3.8, 4) is 0 Å². The van der Waals surface area contributed by atoms with Crippen molar-refractivity contribution >= 4 is 10.0 Å². The van der Waals surface area contributed by atoms with Crippen molar-refractivity contribution in [2.75, 3.05) is 19.3 Å². The van der Waals surface area contributed by atoms with Crippen LogP contribution >= 0.6 is 0 Å². The van der Waals surface area contributed by atoms with Gasteiger partial charge in [-0.05, 0) is 48.8 Å². The van der Waals surface area contributed by atoms with Crippen LogP contribution in [0.5, 0.6) is 0 Å². The molecule has 1 aromatic rings. The van der Waals surface area contributed by atoms with Crippen LogP contribution in [0, 0.1) is 5.92 Å². The van der Waals surface area contributed by atoms with Crippen molar-refractivity contribution in [2.45, 2.75) is 38.6 Å². The maximum atomic E-state index is 11.7. The zero-order chi connectivity index (χ0) is 15.5. The van der Waals surface area contributed by atoms with E-state index in [1.165, 1.54) is 11.8 Å². The lowest BCUT2D eigenvalue weighted by atomic mass is 9.88. The molecule has 21 heavy (non-hydrogen) atoms. The van der Waals surface area contributed by atoms with Crippen LogP contribution in [0.3, 0.4) is 0 Å². The Kier molecular flexibility index (Phi) is 5.35. The summed E-state index contributed by atoms with van der Waals surface area (Å²) in [6.07, 6.45) is 8.64. The number of piperidine rings is 1. The molecule has 0 bridgehead atoms. The summed E-state index contributed by atoms with van der Waals surface area (Å²) in [5, 5.41) is 0. The number of aromatic nitrogens is 1. The van der Waals surface area contributed by atoms with Gasteiger partial charge in [-0.15, -0.1) is 0 Å². The van der Waals surface area contributed by atoms with Gasteiger partial charge in [-0.3, -0.25) is 4.98 Å². The molecule has 5 nitrogen and oxygen atoms in total. The highest BCUT2D eigenvalue weighted by Crippen LogP contribution is 2.28. The van der Waals surface area contributed by atoms with Gasteiger partial charge >= 0.3 is 0 Å². The Balaban J connectivity index is 2.04. The lowest BCUT2D eigenvalue weighted by Gasteiger charge is -2.32. The number of hydrogen-bond acceptors (Lipinski definition) is 4. The molecule has 0 radical (unpaired) electrons. The molecule has 2 N–H and O–H groups in total. The normalized spacial score (nSPS) is 22.1. The maximum Gasteiger partial charge on any atom is 0.211 e. The predicted molar refractivity (Wildman–Crippen MR) is 84.3 cm³/mol. The van der Waals surface area contributed by atoms with Crippen LogP contribution < -0.4 is 5.73 Å². The SMILES string of the molecule is CCc1cnccc1C(N)CC1CCCN(S(C)(=O)=O)C1. The lowest BCUT2D eigenvalue weighted by Crippen LogP contribution is -2.40. The highest BCUT2D eigenvalue weighted by atomic mass is 32.2. The van der Waals surface area contributed by atoms with E-state index < -0.39 is 10.0 Å².